The van der Waals surface area contributed by atoms with Gasteiger partial charge in [-0.15, -0.1) is 0 Å². The number of rotatable bonds is 6. The molecule has 160 valence electrons. The van der Waals surface area contributed by atoms with Gasteiger partial charge in [-0.2, -0.15) is 4.98 Å². The molecule has 3 heterocycles. The number of nitrogens with zero attached hydrogens (tertiary/aromatic N) is 5. The summed E-state index contributed by atoms with van der Waals surface area (Å²) in [5, 5.41) is 4.07. The number of ether oxygens (including phenoxy) is 1. The second kappa shape index (κ2) is 8.37. The van der Waals surface area contributed by atoms with Crippen molar-refractivity contribution in [3.63, 3.8) is 0 Å². The third-order valence-electron chi connectivity index (χ3n) is 5.82. The summed E-state index contributed by atoms with van der Waals surface area (Å²) in [7, 11) is 1.63. The van der Waals surface area contributed by atoms with E-state index in [0.29, 0.717) is 31.3 Å². The second-order valence-corrected chi connectivity index (χ2v) is 8.03. The molecule has 0 unspecified atom stereocenters. The number of piperazine rings is 1. The molecule has 31 heavy (non-hydrogen) atoms. The number of carbonyl (C=O) groups is 1. The first-order valence-electron chi connectivity index (χ1n) is 10.7. The molecule has 1 saturated carbocycles. The van der Waals surface area contributed by atoms with Crippen LogP contribution in [0.4, 0.5) is 5.82 Å². The molecule has 1 aliphatic carbocycles. The number of hydrogen-bond acceptors (Lipinski definition) is 7. The summed E-state index contributed by atoms with van der Waals surface area (Å²) < 4.78 is 10.6. The number of methoxy groups -OCH3 is 1. The van der Waals surface area contributed by atoms with Crippen molar-refractivity contribution in [2.24, 2.45) is 0 Å². The number of benzene rings is 1. The van der Waals surface area contributed by atoms with Gasteiger partial charge in [0.15, 0.2) is 0 Å². The molecule has 0 radical (unpaired) electrons. The van der Waals surface area contributed by atoms with Crippen molar-refractivity contribution >= 4 is 11.7 Å². The van der Waals surface area contributed by atoms with Gasteiger partial charge < -0.3 is 19.1 Å². The molecular formula is C23H25N5O3. The van der Waals surface area contributed by atoms with Crippen molar-refractivity contribution in [2.75, 3.05) is 38.2 Å². The Morgan fingerprint density at radius 2 is 2.00 bits per heavy atom. The molecular weight excluding hydrogens is 394 g/mol. The molecule has 0 N–H and O–H groups in total. The zero-order chi connectivity index (χ0) is 21.2. The summed E-state index contributed by atoms with van der Waals surface area (Å²) in [5.41, 5.74) is 1.82. The molecule has 1 aliphatic heterocycles. The van der Waals surface area contributed by atoms with Crippen LogP contribution in [0.3, 0.4) is 0 Å². The van der Waals surface area contributed by atoms with Crippen molar-refractivity contribution in [3.05, 3.63) is 54.0 Å². The van der Waals surface area contributed by atoms with Crippen molar-refractivity contribution in [3.8, 4) is 17.1 Å². The maximum atomic E-state index is 12.7. The van der Waals surface area contributed by atoms with E-state index in [4.69, 9.17) is 9.26 Å². The fourth-order valence-corrected chi connectivity index (χ4v) is 3.81. The predicted octanol–water partition coefficient (Wildman–Crippen LogP) is 2.91. The number of amides is 1. The fourth-order valence-electron chi connectivity index (χ4n) is 3.81. The Bertz CT molecular complexity index is 1050. The normalized spacial score (nSPS) is 16.4. The van der Waals surface area contributed by atoms with Gasteiger partial charge in [0.25, 0.3) is 0 Å². The Balaban J connectivity index is 1.16. The zero-order valence-corrected chi connectivity index (χ0v) is 17.5. The Morgan fingerprint density at radius 1 is 1.16 bits per heavy atom. The summed E-state index contributed by atoms with van der Waals surface area (Å²) in [6.07, 6.45) is 4.44. The van der Waals surface area contributed by atoms with Gasteiger partial charge in [0.2, 0.25) is 17.6 Å². The van der Waals surface area contributed by atoms with Gasteiger partial charge in [0.1, 0.15) is 11.6 Å². The van der Waals surface area contributed by atoms with Crippen LogP contribution in [0.25, 0.3) is 11.4 Å². The molecule has 0 bridgehead atoms. The summed E-state index contributed by atoms with van der Waals surface area (Å²) in [4.78, 5) is 25.9. The van der Waals surface area contributed by atoms with E-state index in [2.05, 4.69) is 20.0 Å². The van der Waals surface area contributed by atoms with E-state index >= 15 is 0 Å². The molecule has 2 aliphatic rings. The summed E-state index contributed by atoms with van der Waals surface area (Å²) in [6.45, 7) is 2.87. The van der Waals surface area contributed by atoms with Gasteiger partial charge in [0.05, 0.1) is 13.5 Å². The molecule has 3 aromatic rings. The Morgan fingerprint density at radius 3 is 2.71 bits per heavy atom. The molecule has 0 atom stereocenters. The van der Waals surface area contributed by atoms with Crippen LogP contribution < -0.4 is 9.64 Å². The highest BCUT2D eigenvalue weighted by molar-refractivity contribution is 5.79. The van der Waals surface area contributed by atoms with Gasteiger partial charge in [0, 0.05) is 43.9 Å². The minimum atomic E-state index is 0.139. The van der Waals surface area contributed by atoms with Crippen LogP contribution in [0.1, 0.15) is 30.2 Å². The lowest BCUT2D eigenvalue weighted by molar-refractivity contribution is -0.130. The lowest BCUT2D eigenvalue weighted by atomic mass is 10.1. The smallest absolute Gasteiger partial charge is 0.230 e. The number of hydrogen-bond donors (Lipinski definition) is 0. The van der Waals surface area contributed by atoms with Crippen molar-refractivity contribution in [1.82, 2.24) is 20.0 Å². The number of pyridine rings is 1. The average molecular weight is 419 g/mol. The van der Waals surface area contributed by atoms with Gasteiger partial charge in [-0.25, -0.2) is 4.98 Å². The molecule has 2 aromatic heterocycles. The van der Waals surface area contributed by atoms with Crippen molar-refractivity contribution < 1.29 is 14.1 Å². The summed E-state index contributed by atoms with van der Waals surface area (Å²) in [6, 6.07) is 11.6. The molecule has 8 nitrogen and oxygen atoms in total. The fraction of sp³-hybridized carbons (Fsp3) is 0.391. The molecule has 1 aromatic carbocycles. The number of anilines is 1. The van der Waals surface area contributed by atoms with E-state index in [1.165, 1.54) is 0 Å². The molecule has 0 spiro atoms. The first-order chi connectivity index (χ1) is 15.2. The van der Waals surface area contributed by atoms with Gasteiger partial charge in [-0.1, -0.05) is 17.3 Å². The monoisotopic (exact) mass is 419 g/mol. The minimum absolute atomic E-state index is 0.139. The lowest BCUT2D eigenvalue weighted by Gasteiger charge is -2.35. The predicted molar refractivity (Wildman–Crippen MR) is 115 cm³/mol. The molecule has 2 fully saturated rings. The highest BCUT2D eigenvalue weighted by Gasteiger charge is 2.30. The van der Waals surface area contributed by atoms with E-state index in [0.717, 1.165) is 54.5 Å². The molecule has 5 rings (SSSR count). The highest BCUT2D eigenvalue weighted by Crippen LogP contribution is 2.39. The maximum Gasteiger partial charge on any atom is 0.230 e. The first-order valence-corrected chi connectivity index (χ1v) is 10.7. The highest BCUT2D eigenvalue weighted by atomic mass is 16.5. The summed E-state index contributed by atoms with van der Waals surface area (Å²) >= 11 is 0. The van der Waals surface area contributed by atoms with Gasteiger partial charge in [-0.05, 0) is 42.7 Å². The summed E-state index contributed by atoms with van der Waals surface area (Å²) in [5.74, 6) is 3.57. The lowest BCUT2D eigenvalue weighted by Crippen LogP contribution is -2.49. The zero-order valence-electron chi connectivity index (χ0n) is 17.5. The van der Waals surface area contributed by atoms with E-state index in [9.17, 15) is 4.79 Å². The number of carbonyl (C=O) groups excluding carboxylic acids is 1. The Labute approximate surface area is 180 Å². The third-order valence-corrected chi connectivity index (χ3v) is 5.82. The molecule has 1 saturated heterocycles. The van der Waals surface area contributed by atoms with E-state index in [1.54, 1.807) is 13.3 Å². The van der Waals surface area contributed by atoms with Crippen molar-refractivity contribution in [2.45, 2.75) is 25.2 Å². The Kier molecular flexibility index (Phi) is 5.28. The van der Waals surface area contributed by atoms with E-state index in [1.807, 2.05) is 41.3 Å². The SMILES string of the molecule is COc1cccc(CC(=O)N2CCN(c3ccc(-c4noc(C5CC5)n4)cn3)CC2)c1. The second-order valence-electron chi connectivity index (χ2n) is 8.03. The molecule has 1 amide bonds. The van der Waals surface area contributed by atoms with Crippen molar-refractivity contribution in [1.29, 1.82) is 0 Å². The van der Waals surface area contributed by atoms with Gasteiger partial charge in [-0.3, -0.25) is 4.79 Å². The number of aromatic nitrogens is 3. The van der Waals surface area contributed by atoms with Crippen LogP contribution in [0, 0.1) is 0 Å². The van der Waals surface area contributed by atoms with Crippen LogP contribution in [-0.2, 0) is 11.2 Å². The van der Waals surface area contributed by atoms with Crippen LogP contribution in [-0.4, -0.2) is 59.2 Å². The Hall–Kier alpha value is -3.42. The van der Waals surface area contributed by atoms with Crippen LogP contribution in [0.15, 0.2) is 47.1 Å². The third kappa shape index (κ3) is 4.38. The minimum Gasteiger partial charge on any atom is -0.497 e. The van der Waals surface area contributed by atoms with E-state index < -0.39 is 0 Å². The quantitative estimate of drug-likeness (QED) is 0.607. The maximum absolute atomic E-state index is 12.7. The average Bonchev–Trinajstić information content (AvgIpc) is 3.56. The van der Waals surface area contributed by atoms with Crippen LogP contribution in [0.2, 0.25) is 0 Å². The topological polar surface area (TPSA) is 84.6 Å². The largest absolute Gasteiger partial charge is 0.497 e. The standard InChI is InChI=1S/C23H25N5O3/c1-30-19-4-2-3-16(13-19)14-21(29)28-11-9-27(10-12-28)20-8-7-18(15-24-20)22-25-23(31-26-22)17-5-6-17/h2-4,7-8,13,15,17H,5-6,9-12,14H2,1H3. The van der Waals surface area contributed by atoms with E-state index in [-0.39, 0.29) is 5.91 Å². The van der Waals surface area contributed by atoms with Gasteiger partial charge >= 0.3 is 0 Å². The van der Waals surface area contributed by atoms with Crippen LogP contribution in [0.5, 0.6) is 5.75 Å². The molecule has 8 heteroatoms. The first kappa shape index (κ1) is 19.5. The van der Waals surface area contributed by atoms with Crippen LogP contribution >= 0.6 is 0 Å².